The maximum atomic E-state index is 5.94. The highest BCUT2D eigenvalue weighted by Crippen LogP contribution is 2.54. The molecule has 1 aliphatic carbocycles. The number of likely N-dealkylation sites (tertiary alicyclic amines) is 1. The van der Waals surface area contributed by atoms with E-state index in [0.29, 0.717) is 5.41 Å². The lowest BCUT2D eigenvalue weighted by Crippen LogP contribution is -2.37. The first kappa shape index (κ1) is 17.2. The van der Waals surface area contributed by atoms with Gasteiger partial charge in [-0.15, -0.1) is 11.3 Å². The normalized spacial score (nSPS) is 25.3. The number of rotatable bonds is 8. The zero-order valence-electron chi connectivity index (χ0n) is 15.1. The summed E-state index contributed by atoms with van der Waals surface area (Å²) in [6, 6.07) is 8.77. The molecule has 4 heteroatoms. The predicted molar refractivity (Wildman–Crippen MR) is 103 cm³/mol. The van der Waals surface area contributed by atoms with Gasteiger partial charge in [-0.1, -0.05) is 12.1 Å². The van der Waals surface area contributed by atoms with Crippen LogP contribution in [0.25, 0.3) is 0 Å². The van der Waals surface area contributed by atoms with Gasteiger partial charge in [0.1, 0.15) is 0 Å². The standard InChI is InChI=1S/C21H28N2OS/c1-2-24-17-20(8-7-19-6-4-14-25-19)11-13-23(16-20)21(9-10-21)18-5-3-12-22-15-18/h3-6,12,14-15H,2,7-11,13,16-17H2,1H3/t20-/m1/s1. The molecule has 0 radical (unpaired) electrons. The molecule has 1 saturated heterocycles. The number of aromatic nitrogens is 1. The molecule has 134 valence electrons. The minimum Gasteiger partial charge on any atom is -0.381 e. The monoisotopic (exact) mass is 356 g/mol. The van der Waals surface area contributed by atoms with E-state index in [1.807, 2.05) is 17.5 Å². The van der Waals surface area contributed by atoms with Gasteiger partial charge in [-0.05, 0) is 68.6 Å². The van der Waals surface area contributed by atoms with E-state index in [1.165, 1.54) is 49.1 Å². The van der Waals surface area contributed by atoms with Crippen LogP contribution >= 0.6 is 11.3 Å². The van der Waals surface area contributed by atoms with Crippen LogP contribution in [0.1, 0.15) is 43.0 Å². The van der Waals surface area contributed by atoms with Crippen LogP contribution in [0.5, 0.6) is 0 Å². The van der Waals surface area contributed by atoms with Crippen LogP contribution < -0.4 is 0 Å². The van der Waals surface area contributed by atoms with Crippen LogP contribution in [-0.4, -0.2) is 36.2 Å². The topological polar surface area (TPSA) is 25.4 Å². The summed E-state index contributed by atoms with van der Waals surface area (Å²) in [6.45, 7) is 6.17. The van der Waals surface area contributed by atoms with Crippen molar-refractivity contribution in [2.24, 2.45) is 5.41 Å². The Morgan fingerprint density at radius 2 is 2.16 bits per heavy atom. The molecule has 1 aliphatic heterocycles. The quantitative estimate of drug-likeness (QED) is 0.697. The third kappa shape index (κ3) is 3.53. The molecular formula is C21H28N2OS. The molecule has 25 heavy (non-hydrogen) atoms. The van der Waals surface area contributed by atoms with Crippen LogP contribution in [0.4, 0.5) is 0 Å². The Balaban J connectivity index is 1.48. The van der Waals surface area contributed by atoms with E-state index >= 15 is 0 Å². The molecule has 2 aromatic rings. The average molecular weight is 357 g/mol. The molecule has 4 rings (SSSR count). The van der Waals surface area contributed by atoms with Gasteiger partial charge in [0.2, 0.25) is 0 Å². The summed E-state index contributed by atoms with van der Waals surface area (Å²) in [5.74, 6) is 0. The maximum absolute atomic E-state index is 5.94. The van der Waals surface area contributed by atoms with E-state index in [0.717, 1.165) is 19.8 Å². The number of ether oxygens (including phenoxy) is 1. The second-order valence-corrected chi connectivity index (χ2v) is 8.69. The SMILES string of the molecule is CCOC[C@]1(CCc2cccs2)CCN(C2(c3cccnc3)CC2)C1. The zero-order chi connectivity index (χ0) is 17.2. The zero-order valence-corrected chi connectivity index (χ0v) is 15.9. The highest BCUT2D eigenvalue weighted by molar-refractivity contribution is 7.09. The Morgan fingerprint density at radius 3 is 2.84 bits per heavy atom. The van der Waals surface area contributed by atoms with E-state index in [4.69, 9.17) is 4.74 Å². The predicted octanol–water partition coefficient (Wildman–Crippen LogP) is 4.49. The Labute approximate surface area is 155 Å². The molecule has 0 spiro atoms. The van der Waals surface area contributed by atoms with E-state index in [1.54, 1.807) is 0 Å². The first-order chi connectivity index (χ1) is 12.3. The fourth-order valence-corrected chi connectivity index (χ4v) is 5.11. The summed E-state index contributed by atoms with van der Waals surface area (Å²) in [5, 5.41) is 2.19. The van der Waals surface area contributed by atoms with Crippen molar-refractivity contribution >= 4 is 11.3 Å². The van der Waals surface area contributed by atoms with E-state index in [2.05, 4.69) is 52.7 Å². The fourth-order valence-electron chi connectivity index (χ4n) is 4.40. The fraction of sp³-hybridized carbons (Fsp3) is 0.571. The van der Waals surface area contributed by atoms with Gasteiger partial charge in [0, 0.05) is 41.4 Å². The minimum absolute atomic E-state index is 0.255. The van der Waals surface area contributed by atoms with Crippen molar-refractivity contribution < 1.29 is 4.74 Å². The Morgan fingerprint density at radius 1 is 1.24 bits per heavy atom. The van der Waals surface area contributed by atoms with Gasteiger partial charge in [-0.2, -0.15) is 0 Å². The molecule has 0 aromatic carbocycles. The van der Waals surface area contributed by atoms with E-state index < -0.39 is 0 Å². The molecule has 2 fully saturated rings. The van der Waals surface area contributed by atoms with Gasteiger partial charge in [-0.3, -0.25) is 9.88 Å². The molecule has 0 bridgehead atoms. The minimum atomic E-state index is 0.255. The van der Waals surface area contributed by atoms with Crippen LogP contribution in [0.2, 0.25) is 0 Å². The largest absolute Gasteiger partial charge is 0.381 e. The molecular weight excluding hydrogens is 328 g/mol. The third-order valence-electron chi connectivity index (χ3n) is 6.06. The van der Waals surface area contributed by atoms with Gasteiger partial charge in [0.15, 0.2) is 0 Å². The first-order valence-corrected chi connectivity index (χ1v) is 10.4. The summed E-state index contributed by atoms with van der Waals surface area (Å²) >= 11 is 1.88. The smallest absolute Gasteiger partial charge is 0.0535 e. The van der Waals surface area contributed by atoms with Crippen molar-refractivity contribution in [2.45, 2.75) is 44.6 Å². The molecule has 0 unspecified atom stereocenters. The Hall–Kier alpha value is -1.23. The van der Waals surface area contributed by atoms with Crippen molar-refractivity contribution in [3.63, 3.8) is 0 Å². The number of nitrogens with zero attached hydrogens (tertiary/aromatic N) is 2. The number of hydrogen-bond donors (Lipinski definition) is 0. The number of pyridine rings is 1. The molecule has 1 atom stereocenters. The van der Waals surface area contributed by atoms with Gasteiger partial charge >= 0.3 is 0 Å². The summed E-state index contributed by atoms with van der Waals surface area (Å²) < 4.78 is 5.94. The van der Waals surface area contributed by atoms with Gasteiger partial charge in [0.05, 0.1) is 6.61 Å². The molecule has 1 saturated carbocycles. The molecule has 3 heterocycles. The Bertz CT molecular complexity index is 668. The molecule has 2 aliphatic rings. The highest BCUT2D eigenvalue weighted by Gasteiger charge is 2.54. The van der Waals surface area contributed by atoms with Crippen molar-refractivity contribution in [2.75, 3.05) is 26.3 Å². The number of aryl methyl sites for hydroxylation is 1. The average Bonchev–Trinajstić information content (AvgIpc) is 3.10. The van der Waals surface area contributed by atoms with E-state index in [9.17, 15) is 0 Å². The van der Waals surface area contributed by atoms with Crippen molar-refractivity contribution in [3.8, 4) is 0 Å². The second-order valence-electron chi connectivity index (χ2n) is 7.66. The van der Waals surface area contributed by atoms with Crippen LogP contribution in [0, 0.1) is 5.41 Å². The van der Waals surface area contributed by atoms with Crippen molar-refractivity contribution in [1.29, 1.82) is 0 Å². The summed E-state index contributed by atoms with van der Waals surface area (Å²) in [5.41, 5.74) is 1.96. The molecule has 2 aromatic heterocycles. The van der Waals surface area contributed by atoms with Crippen LogP contribution in [-0.2, 0) is 16.7 Å². The lowest BCUT2D eigenvalue weighted by molar-refractivity contribution is 0.0444. The summed E-state index contributed by atoms with van der Waals surface area (Å²) in [6.07, 6.45) is 10.2. The van der Waals surface area contributed by atoms with Crippen LogP contribution in [0.15, 0.2) is 42.0 Å². The van der Waals surface area contributed by atoms with Gasteiger partial charge < -0.3 is 4.74 Å². The molecule has 0 amide bonds. The van der Waals surface area contributed by atoms with E-state index in [-0.39, 0.29) is 5.54 Å². The maximum Gasteiger partial charge on any atom is 0.0535 e. The van der Waals surface area contributed by atoms with Gasteiger partial charge in [0.25, 0.3) is 0 Å². The summed E-state index contributed by atoms with van der Waals surface area (Å²) in [4.78, 5) is 8.60. The first-order valence-electron chi connectivity index (χ1n) is 9.52. The van der Waals surface area contributed by atoms with Gasteiger partial charge in [-0.25, -0.2) is 0 Å². The lowest BCUT2D eigenvalue weighted by Gasteiger charge is -2.33. The third-order valence-corrected chi connectivity index (χ3v) is 7.00. The Kier molecular flexibility index (Phi) is 4.94. The number of thiophene rings is 1. The summed E-state index contributed by atoms with van der Waals surface area (Å²) in [7, 11) is 0. The van der Waals surface area contributed by atoms with Crippen molar-refractivity contribution in [3.05, 3.63) is 52.5 Å². The lowest BCUT2D eigenvalue weighted by atomic mass is 9.83. The van der Waals surface area contributed by atoms with Crippen molar-refractivity contribution in [1.82, 2.24) is 9.88 Å². The number of hydrogen-bond acceptors (Lipinski definition) is 4. The molecule has 3 nitrogen and oxygen atoms in total. The van der Waals surface area contributed by atoms with Crippen LogP contribution in [0.3, 0.4) is 0 Å². The second kappa shape index (κ2) is 7.18. The highest BCUT2D eigenvalue weighted by atomic mass is 32.1. The molecule has 0 N–H and O–H groups in total.